The molecule has 6 N–H and O–H groups in total. The van der Waals surface area contributed by atoms with E-state index in [1.807, 2.05) is 13.8 Å². The lowest BCUT2D eigenvalue weighted by Gasteiger charge is -2.33. The number of hydrogen-bond acceptors (Lipinski definition) is 11. The van der Waals surface area contributed by atoms with Gasteiger partial charge in [0.2, 0.25) is 0 Å². The first-order chi connectivity index (χ1) is 22.9. The average Bonchev–Trinajstić information content (AvgIpc) is 2.98. The first-order valence-corrected chi connectivity index (χ1v) is 17.0. The highest BCUT2D eigenvalue weighted by Crippen LogP contribution is 2.29. The highest BCUT2D eigenvalue weighted by molar-refractivity contribution is 5.84. The number of aliphatic carboxylic acids is 4. The Hall–Kier alpha value is -3.59. The highest BCUT2D eigenvalue weighted by atomic mass is 16.6. The number of carbonyl (C=O) groups excluding carboxylic acids is 3. The fourth-order valence-corrected chi connectivity index (χ4v) is 5.51. The summed E-state index contributed by atoms with van der Waals surface area (Å²) in [5.74, 6) is -11.8. The third-order valence-electron chi connectivity index (χ3n) is 8.44. The molecule has 49 heavy (non-hydrogen) atoms. The van der Waals surface area contributed by atoms with Crippen molar-refractivity contribution in [2.75, 3.05) is 0 Å². The van der Waals surface area contributed by atoms with Crippen LogP contribution in [0.1, 0.15) is 124 Å². The minimum absolute atomic E-state index is 0.0189. The number of Topliss-reactive ketones (excluding diaryl/α,β-unsaturated/α-hetero) is 1. The van der Waals surface area contributed by atoms with E-state index in [4.69, 9.17) is 19.7 Å². The number of unbranched alkanes of at least 4 members (excludes halogenated alkanes) is 4. The number of esters is 2. The van der Waals surface area contributed by atoms with Gasteiger partial charge in [-0.15, -0.1) is 0 Å². The molecule has 0 fully saturated rings. The van der Waals surface area contributed by atoms with Crippen molar-refractivity contribution in [2.45, 2.75) is 148 Å². The fourth-order valence-electron chi connectivity index (χ4n) is 5.51. The van der Waals surface area contributed by atoms with E-state index in [1.165, 1.54) is 6.92 Å². The van der Waals surface area contributed by atoms with Crippen molar-refractivity contribution in [3.05, 3.63) is 0 Å². The van der Waals surface area contributed by atoms with Crippen molar-refractivity contribution in [1.82, 2.24) is 0 Å². The van der Waals surface area contributed by atoms with E-state index in [0.29, 0.717) is 32.1 Å². The van der Waals surface area contributed by atoms with Gasteiger partial charge in [0.05, 0.1) is 43.6 Å². The first kappa shape index (κ1) is 45.4. The van der Waals surface area contributed by atoms with Gasteiger partial charge in [-0.05, 0) is 38.0 Å². The van der Waals surface area contributed by atoms with Gasteiger partial charge in [0, 0.05) is 6.42 Å². The Morgan fingerprint density at radius 2 is 1.10 bits per heavy atom. The number of ether oxygens (including phenoxy) is 2. The summed E-state index contributed by atoms with van der Waals surface area (Å²) in [5.41, 5.74) is 0. The Morgan fingerprint density at radius 3 is 1.55 bits per heavy atom. The third kappa shape index (κ3) is 21.2. The normalized spacial score (nSPS) is 16.2. The number of ketones is 1. The summed E-state index contributed by atoms with van der Waals surface area (Å²) in [6, 6.07) is 0. The summed E-state index contributed by atoms with van der Waals surface area (Å²) >= 11 is 0. The van der Waals surface area contributed by atoms with Crippen molar-refractivity contribution in [2.24, 2.45) is 23.7 Å². The molecule has 0 heterocycles. The minimum atomic E-state index is -1.56. The molecule has 0 rings (SSSR count). The summed E-state index contributed by atoms with van der Waals surface area (Å²) < 4.78 is 11.5. The number of aliphatic hydroxyl groups is 2. The monoisotopic (exact) mass is 704 g/mol. The van der Waals surface area contributed by atoms with Crippen LogP contribution in [0, 0.1) is 23.7 Å². The molecule has 15 nitrogen and oxygen atoms in total. The molecule has 0 amide bonds. The van der Waals surface area contributed by atoms with Gasteiger partial charge >= 0.3 is 35.8 Å². The van der Waals surface area contributed by atoms with E-state index in [0.717, 1.165) is 25.7 Å². The topological polar surface area (TPSA) is 259 Å². The highest BCUT2D eigenvalue weighted by Gasteiger charge is 2.37. The molecule has 0 saturated carbocycles. The van der Waals surface area contributed by atoms with Crippen molar-refractivity contribution >= 4 is 41.6 Å². The largest absolute Gasteiger partial charge is 0.481 e. The predicted molar refractivity (Wildman–Crippen MR) is 173 cm³/mol. The summed E-state index contributed by atoms with van der Waals surface area (Å²) in [6.07, 6.45) is -1.03. The lowest BCUT2D eigenvalue weighted by atomic mass is 9.87. The van der Waals surface area contributed by atoms with Crippen LogP contribution in [0.5, 0.6) is 0 Å². The molecule has 0 radical (unpaired) electrons. The van der Waals surface area contributed by atoms with Crippen molar-refractivity contribution in [3.63, 3.8) is 0 Å². The van der Waals surface area contributed by atoms with E-state index in [-0.39, 0.29) is 18.8 Å². The maximum Gasteiger partial charge on any atom is 0.307 e. The number of carboxylic acid groups (broad SMARTS) is 4. The van der Waals surface area contributed by atoms with Crippen LogP contribution in [-0.4, -0.2) is 96.7 Å². The molecule has 0 bridgehead atoms. The number of rotatable bonds is 29. The summed E-state index contributed by atoms with van der Waals surface area (Å²) in [4.78, 5) is 82.7. The smallest absolute Gasteiger partial charge is 0.307 e. The molecule has 0 aromatic carbocycles. The van der Waals surface area contributed by atoms with Crippen molar-refractivity contribution < 1.29 is 73.7 Å². The molecular weight excluding hydrogens is 648 g/mol. The number of carboxylic acids is 4. The number of carbonyl (C=O) groups is 7. The Labute approximate surface area is 287 Å². The van der Waals surface area contributed by atoms with Crippen LogP contribution < -0.4 is 0 Å². The molecule has 0 aliphatic carbocycles. The third-order valence-corrected chi connectivity index (χ3v) is 8.44. The van der Waals surface area contributed by atoms with Crippen LogP contribution in [0.3, 0.4) is 0 Å². The maximum atomic E-state index is 13.0. The van der Waals surface area contributed by atoms with Crippen LogP contribution >= 0.6 is 0 Å². The van der Waals surface area contributed by atoms with Gasteiger partial charge in [0.25, 0.3) is 0 Å². The van der Waals surface area contributed by atoms with Crippen LogP contribution in [-0.2, 0) is 43.0 Å². The first-order valence-electron chi connectivity index (χ1n) is 17.0. The lowest BCUT2D eigenvalue weighted by Crippen LogP contribution is -2.42. The quantitative estimate of drug-likeness (QED) is 0.0477. The molecule has 0 aliphatic rings. The van der Waals surface area contributed by atoms with Crippen LogP contribution in [0.15, 0.2) is 0 Å². The van der Waals surface area contributed by atoms with E-state index in [9.17, 15) is 54.0 Å². The van der Waals surface area contributed by atoms with Gasteiger partial charge in [-0.3, -0.25) is 33.6 Å². The van der Waals surface area contributed by atoms with Gasteiger partial charge in [0.1, 0.15) is 18.3 Å². The number of hydrogen-bond donors (Lipinski definition) is 6. The van der Waals surface area contributed by atoms with E-state index < -0.39 is 109 Å². The maximum absolute atomic E-state index is 13.0. The Balaban J connectivity index is 5.85. The van der Waals surface area contributed by atoms with Crippen molar-refractivity contribution in [3.8, 4) is 0 Å². The van der Waals surface area contributed by atoms with E-state index in [1.54, 1.807) is 6.92 Å². The SMILES string of the molecule is CCCC[C@H](C)[C@H](OC(=O)C[C@@H](CC(=O)O)C(=O)O)[C@H](C[C@@H](C)CCCCCC[C@@H](O)C[C@H](O)C(C)=O)OC(=O)C[C@@H](CC(=O)O)C(=O)O. The second-order valence-corrected chi connectivity index (χ2v) is 13.1. The van der Waals surface area contributed by atoms with E-state index >= 15 is 0 Å². The molecule has 282 valence electrons. The van der Waals surface area contributed by atoms with Crippen LogP contribution in [0.4, 0.5) is 0 Å². The fraction of sp³-hybridized carbons (Fsp3) is 0.794. The summed E-state index contributed by atoms with van der Waals surface area (Å²) in [6.45, 7) is 6.85. The van der Waals surface area contributed by atoms with Gasteiger partial charge in [-0.1, -0.05) is 65.7 Å². The molecule has 15 heteroatoms. The summed E-state index contributed by atoms with van der Waals surface area (Å²) in [5, 5.41) is 56.7. The molecule has 0 aliphatic heterocycles. The number of aliphatic hydroxyl groups excluding tert-OH is 2. The lowest BCUT2D eigenvalue weighted by molar-refractivity contribution is -0.177. The average molecular weight is 705 g/mol. The predicted octanol–water partition coefficient (Wildman–Crippen LogP) is 3.84. The molecule has 0 aromatic heterocycles. The minimum Gasteiger partial charge on any atom is -0.481 e. The Bertz CT molecular complexity index is 1070. The second-order valence-electron chi connectivity index (χ2n) is 13.1. The molecular formula is C34H56O15. The zero-order valence-electron chi connectivity index (χ0n) is 29.1. The van der Waals surface area contributed by atoms with Gasteiger partial charge < -0.3 is 40.1 Å². The zero-order valence-corrected chi connectivity index (χ0v) is 29.1. The molecule has 0 aromatic rings. The summed E-state index contributed by atoms with van der Waals surface area (Å²) in [7, 11) is 0. The van der Waals surface area contributed by atoms with Crippen LogP contribution in [0.25, 0.3) is 0 Å². The standard InChI is InChI=1S/C34H56O15/c1-5-6-12-21(3)32(49-31(43)18-24(34(46)47)16-29(40)41)27(48-30(42)17-23(33(44)45)15-28(38)39)14-20(2)11-9-7-8-10-13-25(36)19-26(37)22(4)35/h20-21,23-27,32,36-37H,5-19H2,1-4H3,(H,38,39)(H,40,41)(H,44,45)(H,46,47)/t20-,21-,23+,24+,25+,26-,27-,32-/m0/s1. The Morgan fingerprint density at radius 1 is 0.612 bits per heavy atom. The van der Waals surface area contributed by atoms with E-state index in [2.05, 4.69) is 0 Å². The Kier molecular flexibility index (Phi) is 22.7. The molecule has 8 atom stereocenters. The van der Waals surface area contributed by atoms with Gasteiger partial charge in [-0.2, -0.15) is 0 Å². The van der Waals surface area contributed by atoms with Crippen LogP contribution in [0.2, 0.25) is 0 Å². The second kappa shape index (κ2) is 24.5. The van der Waals surface area contributed by atoms with Gasteiger partial charge in [0.15, 0.2) is 5.78 Å². The molecule has 0 unspecified atom stereocenters. The molecule has 0 saturated heterocycles. The van der Waals surface area contributed by atoms with Crippen molar-refractivity contribution in [1.29, 1.82) is 0 Å². The zero-order chi connectivity index (χ0) is 37.7. The molecule has 0 spiro atoms. The van der Waals surface area contributed by atoms with Gasteiger partial charge in [-0.25, -0.2) is 0 Å².